The minimum atomic E-state index is -0.733. The maximum absolute atomic E-state index is 11.0. The van der Waals surface area contributed by atoms with E-state index in [0.29, 0.717) is 6.61 Å². The normalized spacial score (nSPS) is 14.9. The first-order chi connectivity index (χ1) is 15.1. The van der Waals surface area contributed by atoms with Crippen molar-refractivity contribution in [1.82, 2.24) is 9.97 Å². The Labute approximate surface area is 186 Å². The molecule has 1 atom stereocenters. The molecule has 1 aliphatic rings. The number of carbonyl (C=O) groups is 1. The number of carboxylic acid groups (broad SMARTS) is 1. The Hall–Kier alpha value is -2.93. The fourth-order valence-electron chi connectivity index (χ4n) is 3.90. The van der Waals surface area contributed by atoms with Crippen LogP contribution in [0.4, 0.5) is 5.82 Å². The van der Waals surface area contributed by atoms with E-state index in [1.54, 1.807) is 11.3 Å². The van der Waals surface area contributed by atoms with Crippen molar-refractivity contribution in [3.8, 4) is 16.3 Å². The van der Waals surface area contributed by atoms with E-state index in [1.165, 1.54) is 5.56 Å². The van der Waals surface area contributed by atoms with Crippen LogP contribution in [0.25, 0.3) is 10.6 Å². The molecule has 31 heavy (non-hydrogen) atoms. The van der Waals surface area contributed by atoms with E-state index < -0.39 is 5.97 Å². The average Bonchev–Trinajstić information content (AvgIpc) is 3.41. The molecule has 2 N–H and O–H groups in total. The Morgan fingerprint density at radius 2 is 2.23 bits per heavy atom. The molecule has 0 fully saturated rings. The van der Waals surface area contributed by atoms with Gasteiger partial charge in [-0.3, -0.25) is 4.79 Å². The summed E-state index contributed by atoms with van der Waals surface area (Å²) in [6.45, 7) is 3.49. The molecule has 2 aromatic heterocycles. The second-order valence-electron chi connectivity index (χ2n) is 7.75. The zero-order chi connectivity index (χ0) is 21.6. The average molecular weight is 438 g/mol. The van der Waals surface area contributed by atoms with Crippen LogP contribution in [-0.2, 0) is 17.6 Å². The first-order valence-corrected chi connectivity index (χ1v) is 11.6. The van der Waals surface area contributed by atoms with E-state index in [4.69, 9.17) is 9.84 Å². The fraction of sp³-hybridized carbons (Fsp3) is 0.375. The molecule has 3 aromatic rings. The number of nitrogens with zero attached hydrogens (tertiary/aromatic N) is 2. The number of aliphatic carboxylic acids is 1. The number of aromatic nitrogens is 2. The van der Waals surface area contributed by atoms with Gasteiger partial charge in [-0.2, -0.15) is 0 Å². The number of hydrogen-bond acceptors (Lipinski definition) is 6. The molecule has 0 unspecified atom stereocenters. The minimum absolute atomic E-state index is 0.133. The van der Waals surface area contributed by atoms with E-state index in [-0.39, 0.29) is 12.3 Å². The molecule has 0 bridgehead atoms. The van der Waals surface area contributed by atoms with Crippen LogP contribution in [0.15, 0.2) is 41.9 Å². The Morgan fingerprint density at radius 1 is 1.32 bits per heavy atom. The number of carboxylic acids is 1. The van der Waals surface area contributed by atoms with Gasteiger partial charge in [-0.05, 0) is 67.0 Å². The van der Waals surface area contributed by atoms with Crippen molar-refractivity contribution in [2.24, 2.45) is 0 Å². The van der Waals surface area contributed by atoms with Crippen molar-refractivity contribution in [3.05, 3.63) is 58.7 Å². The quantitative estimate of drug-likeness (QED) is 0.427. The second kappa shape index (κ2) is 9.92. The lowest BCUT2D eigenvalue weighted by atomic mass is 9.98. The lowest BCUT2D eigenvalue weighted by Gasteiger charge is -2.11. The van der Waals surface area contributed by atoms with Crippen molar-refractivity contribution in [1.29, 1.82) is 0 Å². The number of ether oxygens (including phenoxy) is 1. The number of aryl methyl sites for hydroxylation is 2. The third-order valence-corrected chi connectivity index (χ3v) is 6.50. The molecular formula is C24H27N3O3S. The van der Waals surface area contributed by atoms with Crippen LogP contribution in [0.3, 0.4) is 0 Å². The van der Waals surface area contributed by atoms with Crippen molar-refractivity contribution < 1.29 is 14.6 Å². The largest absolute Gasteiger partial charge is 0.494 e. The highest BCUT2D eigenvalue weighted by molar-refractivity contribution is 7.13. The Morgan fingerprint density at radius 3 is 2.97 bits per heavy atom. The summed E-state index contributed by atoms with van der Waals surface area (Å²) in [4.78, 5) is 20.1. The highest BCUT2D eigenvalue weighted by Crippen LogP contribution is 2.37. The molecule has 2 heterocycles. The molecule has 6 nitrogen and oxygen atoms in total. The van der Waals surface area contributed by atoms with Gasteiger partial charge in [0.2, 0.25) is 0 Å². The van der Waals surface area contributed by atoms with Crippen LogP contribution in [0.2, 0.25) is 0 Å². The number of rotatable bonds is 10. The van der Waals surface area contributed by atoms with Crippen LogP contribution in [0.5, 0.6) is 5.75 Å². The van der Waals surface area contributed by atoms with E-state index in [1.807, 2.05) is 30.5 Å². The minimum Gasteiger partial charge on any atom is -0.494 e. The molecule has 0 saturated carbocycles. The van der Waals surface area contributed by atoms with Gasteiger partial charge in [-0.1, -0.05) is 13.0 Å². The van der Waals surface area contributed by atoms with Gasteiger partial charge in [0.15, 0.2) is 0 Å². The van der Waals surface area contributed by atoms with Gasteiger partial charge in [0.1, 0.15) is 16.6 Å². The third kappa shape index (κ3) is 5.41. The summed E-state index contributed by atoms with van der Waals surface area (Å²) >= 11 is 1.65. The maximum atomic E-state index is 11.0. The molecule has 0 saturated heterocycles. The molecule has 162 valence electrons. The summed E-state index contributed by atoms with van der Waals surface area (Å²) < 4.78 is 5.89. The summed E-state index contributed by atoms with van der Waals surface area (Å²) in [7, 11) is 0. The summed E-state index contributed by atoms with van der Waals surface area (Å²) in [5.41, 5.74) is 4.54. The third-order valence-electron chi connectivity index (χ3n) is 5.56. The fourth-order valence-corrected chi connectivity index (χ4v) is 4.79. The number of benzene rings is 1. The van der Waals surface area contributed by atoms with Crippen molar-refractivity contribution in [2.75, 3.05) is 18.5 Å². The summed E-state index contributed by atoms with van der Waals surface area (Å²) in [6.07, 6.45) is 5.70. The summed E-state index contributed by atoms with van der Waals surface area (Å²) in [5, 5.41) is 15.5. The lowest BCUT2D eigenvalue weighted by Crippen LogP contribution is -2.08. The molecular weight excluding hydrogens is 410 g/mol. The Bertz CT molecular complexity index is 1030. The van der Waals surface area contributed by atoms with Gasteiger partial charge in [0, 0.05) is 23.7 Å². The predicted molar refractivity (Wildman–Crippen MR) is 123 cm³/mol. The van der Waals surface area contributed by atoms with Crippen molar-refractivity contribution in [2.45, 2.75) is 44.9 Å². The van der Waals surface area contributed by atoms with Crippen molar-refractivity contribution >= 4 is 23.1 Å². The van der Waals surface area contributed by atoms with Gasteiger partial charge in [0.05, 0.1) is 18.7 Å². The van der Waals surface area contributed by atoms with Gasteiger partial charge in [-0.15, -0.1) is 11.3 Å². The molecule has 1 aromatic carbocycles. The summed E-state index contributed by atoms with van der Waals surface area (Å²) in [5.74, 6) is 1.10. The van der Waals surface area contributed by atoms with E-state index >= 15 is 0 Å². The molecule has 0 spiro atoms. The van der Waals surface area contributed by atoms with Gasteiger partial charge < -0.3 is 15.2 Å². The first-order valence-electron chi connectivity index (χ1n) is 10.7. The smallest absolute Gasteiger partial charge is 0.303 e. The molecule has 0 amide bonds. The number of anilines is 1. The van der Waals surface area contributed by atoms with Crippen LogP contribution in [0.1, 0.15) is 48.9 Å². The SMILES string of the molecule is CCc1csc(-c2ccc(NCCCOc3ccc4c(c3)CC[C@H]4CC(=O)O)nc2)n1. The lowest BCUT2D eigenvalue weighted by molar-refractivity contribution is -0.137. The number of fused-ring (bicyclic) bond motifs is 1. The van der Waals surface area contributed by atoms with Crippen molar-refractivity contribution in [3.63, 3.8) is 0 Å². The van der Waals surface area contributed by atoms with Crippen LogP contribution in [-0.4, -0.2) is 34.2 Å². The number of nitrogens with one attached hydrogen (secondary N) is 1. The molecule has 1 aliphatic carbocycles. The van der Waals surface area contributed by atoms with E-state index in [9.17, 15) is 4.79 Å². The van der Waals surface area contributed by atoms with Crippen LogP contribution >= 0.6 is 11.3 Å². The van der Waals surface area contributed by atoms with Gasteiger partial charge in [-0.25, -0.2) is 9.97 Å². The zero-order valence-electron chi connectivity index (χ0n) is 17.6. The van der Waals surface area contributed by atoms with Gasteiger partial charge in [0.25, 0.3) is 0 Å². The molecule has 0 radical (unpaired) electrons. The predicted octanol–water partition coefficient (Wildman–Crippen LogP) is 5.15. The number of hydrogen-bond donors (Lipinski definition) is 2. The number of thiazole rings is 1. The topological polar surface area (TPSA) is 84.3 Å². The van der Waals surface area contributed by atoms with Crippen LogP contribution < -0.4 is 10.1 Å². The molecule has 0 aliphatic heterocycles. The highest BCUT2D eigenvalue weighted by atomic mass is 32.1. The number of pyridine rings is 1. The van der Waals surface area contributed by atoms with E-state index in [0.717, 1.165) is 65.6 Å². The van der Waals surface area contributed by atoms with E-state index in [2.05, 4.69) is 33.7 Å². The summed E-state index contributed by atoms with van der Waals surface area (Å²) in [6, 6.07) is 10.1. The maximum Gasteiger partial charge on any atom is 0.303 e. The monoisotopic (exact) mass is 437 g/mol. The van der Waals surface area contributed by atoms with Gasteiger partial charge >= 0.3 is 5.97 Å². The standard InChI is InChI=1S/C24H27N3O3S/c1-2-19-15-31-24(27-19)18-6-9-22(26-14-18)25-10-3-11-30-20-7-8-21-16(12-20)4-5-17(21)13-23(28)29/h6-9,12,14-15,17H,2-5,10-11,13H2,1H3,(H,25,26)(H,28,29)/t17-/m0/s1. The van der Waals surface area contributed by atoms with Crippen LogP contribution in [0, 0.1) is 0 Å². The first kappa shape index (κ1) is 21.3. The zero-order valence-corrected chi connectivity index (χ0v) is 18.5. The highest BCUT2D eigenvalue weighted by Gasteiger charge is 2.24. The Balaban J connectivity index is 1.21. The molecule has 7 heteroatoms. The molecule has 4 rings (SSSR count). The Kier molecular flexibility index (Phi) is 6.82. The second-order valence-corrected chi connectivity index (χ2v) is 8.61.